The summed E-state index contributed by atoms with van der Waals surface area (Å²) in [6.45, 7) is 7.13. The lowest BCUT2D eigenvalue weighted by molar-refractivity contribution is -0.152. The van der Waals surface area contributed by atoms with Gasteiger partial charge in [0, 0.05) is 5.56 Å². The lowest BCUT2D eigenvalue weighted by Crippen LogP contribution is -2.21. The van der Waals surface area contributed by atoms with Crippen molar-refractivity contribution in [1.29, 1.82) is 0 Å². The van der Waals surface area contributed by atoms with E-state index in [-0.39, 0.29) is 5.97 Å². The molecule has 1 aromatic rings. The maximum Gasteiger partial charge on any atom is 0.340 e. The van der Waals surface area contributed by atoms with Crippen molar-refractivity contribution in [3.63, 3.8) is 0 Å². The molecule has 0 radical (unpaired) electrons. The number of hydrogen-bond donors (Lipinski definition) is 0. The van der Waals surface area contributed by atoms with Gasteiger partial charge in [-0.1, -0.05) is 17.3 Å². The number of methoxy groups -OCH3 is 1. The van der Waals surface area contributed by atoms with Gasteiger partial charge in [-0.15, -0.1) is 0 Å². The van der Waals surface area contributed by atoms with E-state index in [1.807, 2.05) is 24.3 Å². The van der Waals surface area contributed by atoms with E-state index in [9.17, 15) is 4.79 Å². The van der Waals surface area contributed by atoms with Gasteiger partial charge in [-0.05, 0) is 39.8 Å². The third kappa shape index (κ3) is 3.87. The van der Waals surface area contributed by atoms with Crippen LogP contribution >= 0.6 is 0 Å². The van der Waals surface area contributed by atoms with E-state index in [0.717, 1.165) is 11.3 Å². The molecule has 4 nitrogen and oxygen atoms in total. The molecule has 4 heteroatoms. The highest BCUT2D eigenvalue weighted by atomic mass is 16.7. The predicted molar refractivity (Wildman–Crippen MR) is 70.8 cm³/mol. The Hall–Kier alpha value is -1.84. The summed E-state index contributed by atoms with van der Waals surface area (Å²) < 4.78 is 5.12. The SMILES string of the molecule is COc1cccc(/C(C)=N/OC(=O)C(C)(C)C)c1. The van der Waals surface area contributed by atoms with Gasteiger partial charge in [-0.25, -0.2) is 4.79 Å². The minimum absolute atomic E-state index is 0.357. The number of benzene rings is 1. The number of carbonyl (C=O) groups is 1. The molecular formula is C14H19NO3. The Morgan fingerprint density at radius 2 is 1.94 bits per heavy atom. The molecule has 0 fully saturated rings. The average Bonchev–Trinajstić information content (AvgIpc) is 2.34. The highest BCUT2D eigenvalue weighted by Gasteiger charge is 2.23. The Morgan fingerprint density at radius 3 is 2.50 bits per heavy atom. The molecule has 0 bridgehead atoms. The van der Waals surface area contributed by atoms with Gasteiger partial charge in [0.05, 0.1) is 18.2 Å². The maximum atomic E-state index is 11.6. The number of oxime groups is 1. The smallest absolute Gasteiger partial charge is 0.340 e. The van der Waals surface area contributed by atoms with Gasteiger partial charge in [0.1, 0.15) is 5.75 Å². The maximum absolute atomic E-state index is 11.6. The molecule has 0 saturated carbocycles. The molecule has 0 saturated heterocycles. The highest BCUT2D eigenvalue weighted by Crippen LogP contribution is 2.16. The molecule has 0 aromatic heterocycles. The van der Waals surface area contributed by atoms with Gasteiger partial charge >= 0.3 is 5.97 Å². The third-order valence-corrected chi connectivity index (χ3v) is 2.37. The fourth-order valence-electron chi connectivity index (χ4n) is 1.15. The normalized spacial score (nSPS) is 12.2. The van der Waals surface area contributed by atoms with Crippen molar-refractivity contribution in [1.82, 2.24) is 0 Å². The zero-order valence-electron chi connectivity index (χ0n) is 11.5. The van der Waals surface area contributed by atoms with Crippen LogP contribution in [0.1, 0.15) is 33.3 Å². The summed E-state index contributed by atoms with van der Waals surface area (Å²) in [6.07, 6.45) is 0. The van der Waals surface area contributed by atoms with Gasteiger partial charge < -0.3 is 9.57 Å². The number of hydrogen-bond acceptors (Lipinski definition) is 4. The van der Waals surface area contributed by atoms with Gasteiger partial charge in [0.2, 0.25) is 0 Å². The molecule has 0 amide bonds. The molecule has 0 atom stereocenters. The zero-order valence-corrected chi connectivity index (χ0v) is 11.5. The molecule has 0 aliphatic rings. The highest BCUT2D eigenvalue weighted by molar-refractivity contribution is 5.99. The van der Waals surface area contributed by atoms with Crippen molar-refractivity contribution in [2.75, 3.05) is 7.11 Å². The molecule has 0 spiro atoms. The standard InChI is InChI=1S/C14H19NO3/c1-10(15-18-13(16)14(2,3)4)11-7-6-8-12(9-11)17-5/h6-9H,1-5H3/b15-10+. The summed E-state index contributed by atoms with van der Waals surface area (Å²) in [5.41, 5.74) is 0.931. The van der Waals surface area contributed by atoms with Crippen LogP contribution in [0.2, 0.25) is 0 Å². The van der Waals surface area contributed by atoms with Crippen LogP contribution in [0.25, 0.3) is 0 Å². The second kappa shape index (κ2) is 5.67. The Bertz CT molecular complexity index is 458. The summed E-state index contributed by atoms with van der Waals surface area (Å²) in [5, 5.41) is 3.85. The predicted octanol–water partition coefficient (Wildman–Crippen LogP) is 3.01. The van der Waals surface area contributed by atoms with Crippen molar-refractivity contribution < 1.29 is 14.4 Å². The number of nitrogens with zero attached hydrogens (tertiary/aromatic N) is 1. The van der Waals surface area contributed by atoms with E-state index in [1.54, 1.807) is 34.8 Å². The largest absolute Gasteiger partial charge is 0.497 e. The first-order valence-electron chi connectivity index (χ1n) is 5.75. The van der Waals surface area contributed by atoms with Crippen molar-refractivity contribution in [3.05, 3.63) is 29.8 Å². The van der Waals surface area contributed by atoms with Crippen molar-refractivity contribution in [3.8, 4) is 5.75 Å². The van der Waals surface area contributed by atoms with E-state index in [4.69, 9.17) is 9.57 Å². The van der Waals surface area contributed by atoms with Crippen LogP contribution in [0.3, 0.4) is 0 Å². The molecule has 98 valence electrons. The number of rotatable bonds is 3. The average molecular weight is 249 g/mol. The molecule has 1 rings (SSSR count). The van der Waals surface area contributed by atoms with Crippen molar-refractivity contribution >= 4 is 11.7 Å². The van der Waals surface area contributed by atoms with E-state index >= 15 is 0 Å². The fourth-order valence-corrected chi connectivity index (χ4v) is 1.15. The van der Waals surface area contributed by atoms with Crippen LogP contribution in [-0.2, 0) is 9.63 Å². The van der Waals surface area contributed by atoms with Crippen molar-refractivity contribution in [2.45, 2.75) is 27.7 Å². The lowest BCUT2D eigenvalue weighted by atomic mass is 9.98. The number of ether oxygens (including phenoxy) is 1. The fraction of sp³-hybridized carbons (Fsp3) is 0.429. The van der Waals surface area contributed by atoms with Gasteiger partial charge in [-0.2, -0.15) is 0 Å². The second-order valence-corrected chi connectivity index (χ2v) is 5.04. The van der Waals surface area contributed by atoms with Crippen LogP contribution in [0.15, 0.2) is 29.4 Å². The molecule has 0 aliphatic heterocycles. The first-order chi connectivity index (χ1) is 8.34. The van der Waals surface area contributed by atoms with Gasteiger partial charge in [0.25, 0.3) is 0 Å². The van der Waals surface area contributed by atoms with Crippen LogP contribution in [0.5, 0.6) is 5.75 Å². The van der Waals surface area contributed by atoms with Crippen LogP contribution in [0.4, 0.5) is 0 Å². The Morgan fingerprint density at radius 1 is 1.28 bits per heavy atom. The summed E-state index contributed by atoms with van der Waals surface area (Å²) in [6, 6.07) is 7.42. The van der Waals surface area contributed by atoms with E-state index in [2.05, 4.69) is 5.16 Å². The Kier molecular flexibility index (Phi) is 4.48. The van der Waals surface area contributed by atoms with E-state index < -0.39 is 5.41 Å². The Labute approximate surface area is 108 Å². The number of carbonyl (C=O) groups excluding carboxylic acids is 1. The minimum Gasteiger partial charge on any atom is -0.497 e. The molecule has 0 N–H and O–H groups in total. The van der Waals surface area contributed by atoms with Crippen LogP contribution in [0, 0.1) is 5.41 Å². The third-order valence-electron chi connectivity index (χ3n) is 2.37. The molecule has 1 aromatic carbocycles. The summed E-state index contributed by atoms with van der Waals surface area (Å²) in [5.74, 6) is 0.383. The second-order valence-electron chi connectivity index (χ2n) is 5.04. The topological polar surface area (TPSA) is 47.9 Å². The van der Waals surface area contributed by atoms with Crippen molar-refractivity contribution in [2.24, 2.45) is 10.6 Å². The summed E-state index contributed by atoms with van der Waals surface area (Å²) in [7, 11) is 1.60. The van der Waals surface area contributed by atoms with Crippen LogP contribution in [-0.4, -0.2) is 18.8 Å². The zero-order chi connectivity index (χ0) is 13.8. The van der Waals surface area contributed by atoms with E-state index in [0.29, 0.717) is 5.71 Å². The Balaban J connectivity index is 2.80. The molecule has 0 unspecified atom stereocenters. The molecule has 18 heavy (non-hydrogen) atoms. The quantitative estimate of drug-likeness (QED) is 0.470. The minimum atomic E-state index is -0.557. The summed E-state index contributed by atoms with van der Waals surface area (Å²) >= 11 is 0. The first-order valence-corrected chi connectivity index (χ1v) is 5.75. The molecular weight excluding hydrogens is 230 g/mol. The molecule has 0 aliphatic carbocycles. The monoisotopic (exact) mass is 249 g/mol. The first kappa shape index (κ1) is 14.2. The molecule has 0 heterocycles. The lowest BCUT2D eigenvalue weighted by Gasteiger charge is -2.13. The summed E-state index contributed by atoms with van der Waals surface area (Å²) in [4.78, 5) is 16.5. The van der Waals surface area contributed by atoms with E-state index in [1.165, 1.54) is 0 Å². The van der Waals surface area contributed by atoms with Crippen LogP contribution < -0.4 is 4.74 Å². The van der Waals surface area contributed by atoms with Gasteiger partial charge in [0.15, 0.2) is 0 Å². The van der Waals surface area contributed by atoms with Gasteiger partial charge in [-0.3, -0.25) is 0 Å².